The molecule has 2 rings (SSSR count). The lowest BCUT2D eigenvalue weighted by molar-refractivity contribution is 0.507. The van der Waals surface area contributed by atoms with Gasteiger partial charge in [-0.25, -0.2) is 0 Å². The first-order valence-corrected chi connectivity index (χ1v) is 6.12. The molecule has 1 atom stereocenters. The Labute approximate surface area is 115 Å². The lowest BCUT2D eigenvalue weighted by atomic mass is 10.0. The minimum absolute atomic E-state index is 0.108. The summed E-state index contributed by atoms with van der Waals surface area (Å²) in [5, 5.41) is 8.95. The summed E-state index contributed by atoms with van der Waals surface area (Å²) < 4.78 is 1.67. The molecular formula is C11H13Cl2N5. The molecule has 0 saturated carbocycles. The average molecular weight is 286 g/mol. The lowest BCUT2D eigenvalue weighted by Gasteiger charge is -2.16. The molecule has 0 aliphatic rings. The van der Waals surface area contributed by atoms with E-state index in [9.17, 15) is 0 Å². The lowest BCUT2D eigenvalue weighted by Crippen LogP contribution is -2.31. The van der Waals surface area contributed by atoms with E-state index in [1.54, 1.807) is 23.0 Å². The smallest absolute Gasteiger partial charge is 0.0770 e. The quantitative estimate of drug-likeness (QED) is 0.665. The largest absolute Gasteiger partial charge is 0.271 e. The normalized spacial score (nSPS) is 12.7. The van der Waals surface area contributed by atoms with Crippen molar-refractivity contribution >= 4 is 23.2 Å². The average Bonchev–Trinajstić information content (AvgIpc) is 2.75. The van der Waals surface area contributed by atoms with Crippen LogP contribution in [0.4, 0.5) is 0 Å². The first kappa shape index (κ1) is 13.3. The minimum Gasteiger partial charge on any atom is -0.271 e. The maximum absolute atomic E-state index is 6.14. The molecule has 1 unspecified atom stereocenters. The molecule has 1 heterocycles. The Morgan fingerprint density at radius 3 is 2.78 bits per heavy atom. The summed E-state index contributed by atoms with van der Waals surface area (Å²) in [6.07, 6.45) is 2.31. The second-order valence-corrected chi connectivity index (χ2v) is 4.79. The van der Waals surface area contributed by atoms with Gasteiger partial charge in [0.2, 0.25) is 0 Å². The molecule has 96 valence electrons. The van der Waals surface area contributed by atoms with Gasteiger partial charge in [0.05, 0.1) is 17.9 Å². The molecule has 3 N–H and O–H groups in total. The number of nitrogens with one attached hydrogen (secondary N) is 1. The van der Waals surface area contributed by atoms with Crippen LogP contribution in [0.5, 0.6) is 0 Å². The summed E-state index contributed by atoms with van der Waals surface area (Å²) in [5.41, 5.74) is 4.60. The number of hydrogen-bond donors (Lipinski definition) is 2. The van der Waals surface area contributed by atoms with Gasteiger partial charge in [0.15, 0.2) is 0 Å². The second-order valence-electron chi connectivity index (χ2n) is 3.94. The Morgan fingerprint density at radius 2 is 2.22 bits per heavy atom. The van der Waals surface area contributed by atoms with Gasteiger partial charge in [0, 0.05) is 17.1 Å². The second kappa shape index (κ2) is 5.67. The zero-order valence-corrected chi connectivity index (χ0v) is 11.3. The predicted molar refractivity (Wildman–Crippen MR) is 71.2 cm³/mol. The molecule has 18 heavy (non-hydrogen) atoms. The number of aryl methyl sites for hydroxylation is 1. The van der Waals surface area contributed by atoms with Gasteiger partial charge in [0.25, 0.3) is 0 Å². The van der Waals surface area contributed by atoms with Crippen molar-refractivity contribution in [2.45, 2.75) is 12.5 Å². The van der Waals surface area contributed by atoms with E-state index in [0.717, 1.165) is 11.3 Å². The number of hydrazine groups is 1. The first-order valence-electron chi connectivity index (χ1n) is 5.36. The Hall–Kier alpha value is -1.14. The van der Waals surface area contributed by atoms with Crippen molar-refractivity contribution in [1.29, 1.82) is 0 Å². The Morgan fingerprint density at radius 1 is 1.44 bits per heavy atom. The van der Waals surface area contributed by atoms with Crippen LogP contribution in [0.3, 0.4) is 0 Å². The number of benzene rings is 1. The Balaban J connectivity index is 2.23. The SMILES string of the molecule is Cn1nncc1C(Cc1ccc(Cl)cc1Cl)NN. The van der Waals surface area contributed by atoms with Gasteiger partial charge in [-0.05, 0) is 24.1 Å². The Bertz CT molecular complexity index is 540. The highest BCUT2D eigenvalue weighted by Crippen LogP contribution is 2.25. The van der Waals surface area contributed by atoms with Gasteiger partial charge < -0.3 is 0 Å². The van der Waals surface area contributed by atoms with E-state index in [2.05, 4.69) is 15.7 Å². The zero-order valence-electron chi connectivity index (χ0n) is 9.77. The molecule has 1 aromatic carbocycles. The Kier molecular flexibility index (Phi) is 4.19. The molecule has 0 fully saturated rings. The molecular weight excluding hydrogens is 273 g/mol. The van der Waals surface area contributed by atoms with Crippen LogP contribution >= 0.6 is 23.2 Å². The van der Waals surface area contributed by atoms with Crippen LogP contribution in [0.2, 0.25) is 10.0 Å². The highest BCUT2D eigenvalue weighted by Gasteiger charge is 2.16. The van der Waals surface area contributed by atoms with E-state index in [1.807, 2.05) is 13.1 Å². The van der Waals surface area contributed by atoms with Gasteiger partial charge in [-0.15, -0.1) is 5.10 Å². The molecule has 5 nitrogen and oxygen atoms in total. The van der Waals surface area contributed by atoms with Gasteiger partial charge in [0.1, 0.15) is 0 Å². The van der Waals surface area contributed by atoms with Gasteiger partial charge in [-0.3, -0.25) is 16.0 Å². The van der Waals surface area contributed by atoms with E-state index in [1.165, 1.54) is 0 Å². The standard InChI is InChI=1S/C11H13Cl2N5/c1-18-11(6-15-17-18)10(16-14)4-7-2-3-8(12)5-9(7)13/h2-3,5-6,10,16H,4,14H2,1H3. The number of halogens is 2. The molecule has 7 heteroatoms. The van der Waals surface area contributed by atoms with E-state index in [0.29, 0.717) is 16.5 Å². The third kappa shape index (κ3) is 2.81. The summed E-state index contributed by atoms with van der Waals surface area (Å²) in [6, 6.07) is 5.30. The van der Waals surface area contributed by atoms with Crippen LogP contribution < -0.4 is 11.3 Å². The monoisotopic (exact) mass is 285 g/mol. The third-order valence-corrected chi connectivity index (χ3v) is 3.33. The van der Waals surface area contributed by atoms with E-state index in [4.69, 9.17) is 29.0 Å². The van der Waals surface area contributed by atoms with Crippen molar-refractivity contribution in [1.82, 2.24) is 20.4 Å². The van der Waals surface area contributed by atoms with Crippen molar-refractivity contribution in [3.63, 3.8) is 0 Å². The molecule has 0 aliphatic carbocycles. The van der Waals surface area contributed by atoms with Crippen molar-refractivity contribution < 1.29 is 0 Å². The van der Waals surface area contributed by atoms with Crippen LogP contribution in [0.15, 0.2) is 24.4 Å². The number of aromatic nitrogens is 3. The van der Waals surface area contributed by atoms with Crippen LogP contribution in [-0.4, -0.2) is 15.0 Å². The zero-order chi connectivity index (χ0) is 13.1. The van der Waals surface area contributed by atoms with Crippen molar-refractivity contribution in [3.8, 4) is 0 Å². The van der Waals surface area contributed by atoms with Gasteiger partial charge in [-0.1, -0.05) is 34.5 Å². The topological polar surface area (TPSA) is 68.8 Å². The number of nitrogens with two attached hydrogens (primary N) is 1. The molecule has 0 radical (unpaired) electrons. The summed E-state index contributed by atoms with van der Waals surface area (Å²) >= 11 is 12.0. The predicted octanol–water partition coefficient (Wildman–Crippen LogP) is 1.87. The highest BCUT2D eigenvalue weighted by molar-refractivity contribution is 6.35. The molecule has 0 spiro atoms. The molecule has 2 aromatic rings. The number of nitrogens with zero attached hydrogens (tertiary/aromatic N) is 3. The molecule has 0 bridgehead atoms. The third-order valence-electron chi connectivity index (χ3n) is 2.75. The van der Waals surface area contributed by atoms with E-state index in [-0.39, 0.29) is 6.04 Å². The summed E-state index contributed by atoms with van der Waals surface area (Å²) in [7, 11) is 1.82. The van der Waals surface area contributed by atoms with E-state index >= 15 is 0 Å². The molecule has 0 amide bonds. The summed E-state index contributed by atoms with van der Waals surface area (Å²) in [5.74, 6) is 5.57. The first-order chi connectivity index (χ1) is 8.61. The summed E-state index contributed by atoms with van der Waals surface area (Å²) in [6.45, 7) is 0. The molecule has 0 saturated heterocycles. The van der Waals surface area contributed by atoms with Gasteiger partial charge in [-0.2, -0.15) is 0 Å². The fourth-order valence-electron chi connectivity index (χ4n) is 1.77. The fourth-order valence-corrected chi connectivity index (χ4v) is 2.25. The fraction of sp³-hybridized carbons (Fsp3) is 0.273. The van der Waals surface area contributed by atoms with Crippen LogP contribution in [0.25, 0.3) is 0 Å². The number of rotatable bonds is 4. The van der Waals surface area contributed by atoms with Crippen molar-refractivity contribution in [3.05, 3.63) is 45.7 Å². The van der Waals surface area contributed by atoms with Gasteiger partial charge >= 0.3 is 0 Å². The maximum Gasteiger partial charge on any atom is 0.0770 e. The maximum atomic E-state index is 6.14. The van der Waals surface area contributed by atoms with E-state index < -0.39 is 0 Å². The van der Waals surface area contributed by atoms with Crippen LogP contribution in [-0.2, 0) is 13.5 Å². The van der Waals surface area contributed by atoms with Crippen LogP contribution in [0.1, 0.15) is 17.3 Å². The number of hydrogen-bond acceptors (Lipinski definition) is 4. The molecule has 0 aliphatic heterocycles. The van der Waals surface area contributed by atoms with Crippen molar-refractivity contribution in [2.75, 3.05) is 0 Å². The minimum atomic E-state index is -0.108. The molecule has 1 aromatic heterocycles. The highest BCUT2D eigenvalue weighted by atomic mass is 35.5. The van der Waals surface area contributed by atoms with Crippen LogP contribution in [0, 0.1) is 0 Å². The van der Waals surface area contributed by atoms with Crippen molar-refractivity contribution in [2.24, 2.45) is 12.9 Å². The summed E-state index contributed by atoms with van der Waals surface area (Å²) in [4.78, 5) is 0.